The number of aromatic nitrogens is 1. The smallest absolute Gasteiger partial charge is 0.315 e. The number of rotatable bonds is 4. The lowest BCUT2D eigenvalue weighted by molar-refractivity contribution is 0.238. The predicted molar refractivity (Wildman–Crippen MR) is 82.8 cm³/mol. The van der Waals surface area contributed by atoms with Crippen molar-refractivity contribution >= 4 is 16.9 Å². The van der Waals surface area contributed by atoms with E-state index in [2.05, 4.69) is 22.2 Å². The Morgan fingerprint density at radius 1 is 1.52 bits per heavy atom. The number of carbonyl (C=O) groups excluding carboxylic acids is 1. The van der Waals surface area contributed by atoms with Gasteiger partial charge in [0.2, 0.25) is 0 Å². The number of carbonyl (C=O) groups is 1. The molecular weight excluding hydrogens is 266 g/mol. The first-order valence-corrected chi connectivity index (χ1v) is 7.04. The third-order valence-electron chi connectivity index (χ3n) is 3.84. The van der Waals surface area contributed by atoms with Crippen LogP contribution in [0.4, 0.5) is 4.79 Å². The minimum atomic E-state index is -0.146. The van der Waals surface area contributed by atoms with Crippen molar-refractivity contribution in [1.29, 1.82) is 0 Å². The molecule has 5 nitrogen and oxygen atoms in total. The Morgan fingerprint density at radius 2 is 2.38 bits per heavy atom. The van der Waals surface area contributed by atoms with E-state index in [0.717, 1.165) is 24.1 Å². The lowest BCUT2D eigenvalue weighted by atomic mass is 10.1. The number of benzene rings is 1. The largest absolute Gasteiger partial charge is 0.497 e. The summed E-state index contributed by atoms with van der Waals surface area (Å²) in [6, 6.07) is 6.02. The number of nitrogens with one attached hydrogen (secondary N) is 3. The number of amides is 2. The predicted octanol–water partition coefficient (Wildman–Crippen LogP) is 2.13. The van der Waals surface area contributed by atoms with Gasteiger partial charge in [-0.2, -0.15) is 0 Å². The molecule has 2 aromatic rings. The van der Waals surface area contributed by atoms with Crippen molar-refractivity contribution < 1.29 is 9.53 Å². The van der Waals surface area contributed by atoms with Crippen molar-refractivity contribution in [2.75, 3.05) is 13.7 Å². The molecule has 2 amide bonds. The summed E-state index contributed by atoms with van der Waals surface area (Å²) in [6.45, 7) is 4.06. The zero-order valence-electron chi connectivity index (χ0n) is 12.0. The van der Waals surface area contributed by atoms with Crippen LogP contribution in [0.5, 0.6) is 5.75 Å². The maximum Gasteiger partial charge on any atom is 0.315 e. The summed E-state index contributed by atoms with van der Waals surface area (Å²) in [4.78, 5) is 15.1. The van der Waals surface area contributed by atoms with Crippen LogP contribution in [-0.4, -0.2) is 30.7 Å². The molecule has 1 aliphatic rings. The van der Waals surface area contributed by atoms with Crippen molar-refractivity contribution in [1.82, 2.24) is 15.6 Å². The Bertz CT molecular complexity index is 690. The third kappa shape index (κ3) is 2.59. The molecule has 0 saturated carbocycles. The van der Waals surface area contributed by atoms with E-state index in [-0.39, 0.29) is 12.1 Å². The van der Waals surface area contributed by atoms with Gasteiger partial charge >= 0.3 is 6.03 Å². The second-order valence-corrected chi connectivity index (χ2v) is 5.24. The number of aromatic amines is 1. The highest BCUT2D eigenvalue weighted by Gasteiger charge is 2.26. The average Bonchev–Trinajstić information content (AvgIpc) is 3.01. The summed E-state index contributed by atoms with van der Waals surface area (Å²) < 4.78 is 5.28. The van der Waals surface area contributed by atoms with E-state index in [1.807, 2.05) is 18.2 Å². The maximum absolute atomic E-state index is 11.7. The molecule has 0 fully saturated rings. The number of ether oxygens (including phenoxy) is 1. The van der Waals surface area contributed by atoms with Gasteiger partial charge in [-0.05, 0) is 30.2 Å². The van der Waals surface area contributed by atoms with Gasteiger partial charge in [0.05, 0.1) is 7.11 Å². The van der Waals surface area contributed by atoms with Crippen LogP contribution in [0, 0.1) is 0 Å². The molecule has 0 spiro atoms. The highest BCUT2D eigenvalue weighted by Crippen LogP contribution is 2.32. The summed E-state index contributed by atoms with van der Waals surface area (Å²) in [6.07, 6.45) is 3.33. The minimum absolute atomic E-state index is 0.131. The molecule has 0 radical (unpaired) electrons. The summed E-state index contributed by atoms with van der Waals surface area (Å²) in [5.41, 5.74) is 3.60. The van der Waals surface area contributed by atoms with Gasteiger partial charge in [-0.25, -0.2) is 4.79 Å². The maximum atomic E-state index is 11.7. The minimum Gasteiger partial charge on any atom is -0.497 e. The lowest BCUT2D eigenvalue weighted by Crippen LogP contribution is -2.42. The van der Waals surface area contributed by atoms with Crippen LogP contribution in [0.3, 0.4) is 0 Å². The number of methoxy groups -OCH3 is 1. The van der Waals surface area contributed by atoms with E-state index < -0.39 is 0 Å². The van der Waals surface area contributed by atoms with E-state index in [9.17, 15) is 4.79 Å². The molecule has 1 unspecified atom stereocenters. The van der Waals surface area contributed by atoms with Gasteiger partial charge in [0, 0.05) is 35.6 Å². The van der Waals surface area contributed by atoms with Crippen molar-refractivity contribution in [2.24, 2.45) is 0 Å². The van der Waals surface area contributed by atoms with Crippen molar-refractivity contribution in [3.05, 3.63) is 42.1 Å². The fourth-order valence-corrected chi connectivity index (χ4v) is 2.89. The third-order valence-corrected chi connectivity index (χ3v) is 3.84. The van der Waals surface area contributed by atoms with E-state index >= 15 is 0 Å². The number of fused-ring (bicyclic) bond motifs is 3. The van der Waals surface area contributed by atoms with Crippen LogP contribution in [0.2, 0.25) is 0 Å². The molecule has 0 saturated heterocycles. The highest BCUT2D eigenvalue weighted by atomic mass is 16.5. The quantitative estimate of drug-likeness (QED) is 0.753. The average molecular weight is 285 g/mol. The van der Waals surface area contributed by atoms with Crippen LogP contribution in [-0.2, 0) is 12.8 Å². The Balaban J connectivity index is 1.75. The molecule has 21 heavy (non-hydrogen) atoms. The van der Waals surface area contributed by atoms with Gasteiger partial charge in [0.15, 0.2) is 0 Å². The molecule has 1 aliphatic carbocycles. The lowest BCUT2D eigenvalue weighted by Gasteiger charge is -2.12. The fraction of sp³-hybridized carbons (Fsp3) is 0.312. The molecule has 1 heterocycles. The molecule has 1 aromatic carbocycles. The Kier molecular flexibility index (Phi) is 3.56. The Labute approximate surface area is 123 Å². The number of urea groups is 1. The first-order chi connectivity index (χ1) is 10.2. The first-order valence-electron chi connectivity index (χ1n) is 7.04. The monoisotopic (exact) mass is 285 g/mol. The van der Waals surface area contributed by atoms with Gasteiger partial charge in [-0.15, -0.1) is 6.58 Å². The number of hydrogen-bond donors (Lipinski definition) is 3. The van der Waals surface area contributed by atoms with Crippen LogP contribution in [0.1, 0.15) is 11.3 Å². The van der Waals surface area contributed by atoms with Gasteiger partial charge in [0.1, 0.15) is 5.75 Å². The number of hydrogen-bond acceptors (Lipinski definition) is 2. The zero-order valence-corrected chi connectivity index (χ0v) is 12.0. The SMILES string of the molecule is C=CCNC(=O)NC1Cc2[nH]c3ccc(OC)cc3c2C1. The Morgan fingerprint density at radius 3 is 3.14 bits per heavy atom. The normalized spacial score (nSPS) is 16.5. The molecule has 5 heteroatoms. The Hall–Kier alpha value is -2.43. The first kappa shape index (κ1) is 13.5. The van der Waals surface area contributed by atoms with E-state index in [1.54, 1.807) is 13.2 Å². The van der Waals surface area contributed by atoms with Crippen molar-refractivity contribution in [2.45, 2.75) is 18.9 Å². The molecule has 0 aliphatic heterocycles. The zero-order chi connectivity index (χ0) is 14.8. The van der Waals surface area contributed by atoms with Crippen molar-refractivity contribution in [3.63, 3.8) is 0 Å². The summed E-state index contributed by atoms with van der Waals surface area (Å²) >= 11 is 0. The van der Waals surface area contributed by atoms with E-state index in [0.29, 0.717) is 6.54 Å². The van der Waals surface area contributed by atoms with Crippen molar-refractivity contribution in [3.8, 4) is 5.75 Å². The van der Waals surface area contributed by atoms with Crippen LogP contribution < -0.4 is 15.4 Å². The number of H-pyrrole nitrogens is 1. The second kappa shape index (κ2) is 5.52. The molecular formula is C16H19N3O2. The van der Waals surface area contributed by atoms with Gasteiger partial charge in [-0.3, -0.25) is 0 Å². The summed E-state index contributed by atoms with van der Waals surface area (Å²) in [5, 5.41) is 6.91. The second-order valence-electron chi connectivity index (χ2n) is 5.24. The van der Waals surface area contributed by atoms with Gasteiger partial charge in [0.25, 0.3) is 0 Å². The summed E-state index contributed by atoms with van der Waals surface area (Å²) in [7, 11) is 1.67. The van der Waals surface area contributed by atoms with Crippen LogP contribution in [0.15, 0.2) is 30.9 Å². The molecule has 1 atom stereocenters. The highest BCUT2D eigenvalue weighted by molar-refractivity contribution is 5.87. The topological polar surface area (TPSA) is 66.2 Å². The standard InChI is InChI=1S/C16H19N3O2/c1-3-6-17-16(20)18-10-7-12-13-9-11(21-2)4-5-14(13)19-15(12)8-10/h3-5,9-10,19H,1,6-8H2,2H3,(H2,17,18,20). The molecule has 1 aromatic heterocycles. The van der Waals surface area contributed by atoms with E-state index in [4.69, 9.17) is 4.74 Å². The van der Waals surface area contributed by atoms with Gasteiger partial charge in [-0.1, -0.05) is 6.08 Å². The molecule has 3 rings (SSSR count). The molecule has 0 bridgehead atoms. The molecule has 110 valence electrons. The fourth-order valence-electron chi connectivity index (χ4n) is 2.89. The van der Waals surface area contributed by atoms with Gasteiger partial charge < -0.3 is 20.4 Å². The van der Waals surface area contributed by atoms with E-state index in [1.165, 1.54) is 16.6 Å². The summed E-state index contributed by atoms with van der Waals surface area (Å²) in [5.74, 6) is 0.851. The van der Waals surface area contributed by atoms with Crippen LogP contribution >= 0.6 is 0 Å². The van der Waals surface area contributed by atoms with Crippen LogP contribution in [0.25, 0.3) is 10.9 Å². The molecule has 3 N–H and O–H groups in total.